The van der Waals surface area contributed by atoms with E-state index in [1.807, 2.05) is 0 Å². The van der Waals surface area contributed by atoms with Gasteiger partial charge in [-0.05, 0) is 25.0 Å². The van der Waals surface area contributed by atoms with E-state index in [1.54, 1.807) is 6.92 Å². The summed E-state index contributed by atoms with van der Waals surface area (Å²) in [5.41, 5.74) is -0.0550. The predicted molar refractivity (Wildman–Crippen MR) is 104 cm³/mol. The van der Waals surface area contributed by atoms with E-state index >= 15 is 0 Å². The number of ketones is 1. The fourth-order valence-electron chi connectivity index (χ4n) is 3.46. The number of aromatic nitrogens is 1. The lowest BCUT2D eigenvalue weighted by Crippen LogP contribution is -2.46. The van der Waals surface area contributed by atoms with Crippen molar-refractivity contribution in [2.75, 3.05) is 13.1 Å². The third kappa shape index (κ3) is 4.81. The Morgan fingerprint density at radius 1 is 1.23 bits per heavy atom. The van der Waals surface area contributed by atoms with Crippen LogP contribution < -0.4 is 16.0 Å². The summed E-state index contributed by atoms with van der Waals surface area (Å²) in [6, 6.07) is 2.23. The number of amides is 3. The Morgan fingerprint density at radius 3 is 2.67 bits per heavy atom. The fraction of sp³-hybridized carbons (Fsp3) is 0.400. The molecule has 2 atom stereocenters. The minimum atomic E-state index is -0.835. The van der Waals surface area contributed by atoms with Gasteiger partial charge in [-0.1, -0.05) is 6.92 Å². The summed E-state index contributed by atoms with van der Waals surface area (Å²) in [7, 11) is 0. The van der Waals surface area contributed by atoms with Gasteiger partial charge < -0.3 is 20.9 Å². The molecule has 30 heavy (non-hydrogen) atoms. The zero-order valence-electron chi connectivity index (χ0n) is 16.3. The molecule has 0 saturated carbocycles. The second-order valence-electron chi connectivity index (χ2n) is 7.17. The molecule has 160 valence electrons. The van der Waals surface area contributed by atoms with Gasteiger partial charge in [-0.3, -0.25) is 19.2 Å². The van der Waals surface area contributed by atoms with E-state index in [0.29, 0.717) is 19.0 Å². The SMILES string of the molecule is CCC(=O)[C@H](C[C@@H]1CCNC1=O)NC(=O)CNC(=O)c1cc2cc(F)cc(F)c2[nH]1. The Bertz CT molecular complexity index is 1000. The van der Waals surface area contributed by atoms with E-state index < -0.39 is 36.0 Å². The number of H-pyrrole nitrogens is 1. The Labute approximate surface area is 170 Å². The third-order valence-corrected chi connectivity index (χ3v) is 5.05. The molecule has 1 aliphatic rings. The van der Waals surface area contributed by atoms with E-state index in [2.05, 4.69) is 20.9 Å². The van der Waals surface area contributed by atoms with Gasteiger partial charge in [0.1, 0.15) is 17.3 Å². The van der Waals surface area contributed by atoms with Crippen molar-refractivity contribution in [3.05, 3.63) is 35.5 Å². The van der Waals surface area contributed by atoms with E-state index in [4.69, 9.17) is 0 Å². The Balaban J connectivity index is 1.59. The molecule has 10 heteroatoms. The Morgan fingerprint density at radius 2 is 2.00 bits per heavy atom. The molecule has 0 radical (unpaired) electrons. The molecule has 0 aliphatic carbocycles. The van der Waals surface area contributed by atoms with Gasteiger partial charge in [-0.25, -0.2) is 8.78 Å². The minimum absolute atomic E-state index is 0.0190. The second-order valence-corrected chi connectivity index (χ2v) is 7.17. The summed E-state index contributed by atoms with van der Waals surface area (Å²) in [6.07, 6.45) is 0.990. The summed E-state index contributed by atoms with van der Waals surface area (Å²) in [5, 5.41) is 7.81. The second kappa shape index (κ2) is 9.02. The number of rotatable bonds is 8. The molecule has 0 spiro atoms. The highest BCUT2D eigenvalue weighted by Gasteiger charge is 2.30. The number of aromatic amines is 1. The van der Waals surface area contributed by atoms with Crippen LogP contribution in [0.15, 0.2) is 18.2 Å². The number of carbonyl (C=O) groups excluding carboxylic acids is 4. The van der Waals surface area contributed by atoms with Gasteiger partial charge in [0.2, 0.25) is 11.8 Å². The average molecular weight is 420 g/mol. The van der Waals surface area contributed by atoms with Crippen LogP contribution in [-0.4, -0.2) is 47.6 Å². The maximum Gasteiger partial charge on any atom is 0.268 e. The molecule has 0 bridgehead atoms. The van der Waals surface area contributed by atoms with Crippen molar-refractivity contribution < 1.29 is 28.0 Å². The molecule has 1 saturated heterocycles. The first kappa shape index (κ1) is 21.4. The fourth-order valence-corrected chi connectivity index (χ4v) is 3.46. The number of hydrogen-bond acceptors (Lipinski definition) is 4. The summed E-state index contributed by atoms with van der Waals surface area (Å²) in [6.45, 7) is 1.78. The predicted octanol–water partition coefficient (Wildman–Crippen LogP) is 1.17. The summed E-state index contributed by atoms with van der Waals surface area (Å²) >= 11 is 0. The molecule has 8 nitrogen and oxygen atoms in total. The molecule has 1 aliphatic heterocycles. The minimum Gasteiger partial charge on any atom is -0.356 e. The van der Waals surface area contributed by atoms with Crippen LogP contribution >= 0.6 is 0 Å². The lowest BCUT2D eigenvalue weighted by molar-refractivity contribution is -0.128. The van der Waals surface area contributed by atoms with E-state index in [9.17, 15) is 28.0 Å². The molecule has 2 aromatic rings. The normalized spacial score (nSPS) is 16.9. The monoisotopic (exact) mass is 420 g/mol. The molecular formula is C20H22F2N4O4. The number of benzene rings is 1. The molecule has 1 fully saturated rings. The van der Waals surface area contributed by atoms with Crippen molar-refractivity contribution in [2.45, 2.75) is 32.2 Å². The van der Waals surface area contributed by atoms with Gasteiger partial charge in [-0.2, -0.15) is 0 Å². The maximum absolute atomic E-state index is 13.8. The van der Waals surface area contributed by atoms with Gasteiger partial charge in [-0.15, -0.1) is 0 Å². The lowest BCUT2D eigenvalue weighted by atomic mass is 9.95. The van der Waals surface area contributed by atoms with Gasteiger partial charge in [0, 0.05) is 30.3 Å². The van der Waals surface area contributed by atoms with Crippen molar-refractivity contribution >= 4 is 34.4 Å². The number of Topliss-reactive ketones (excluding diaryl/α,β-unsaturated/α-hetero) is 1. The van der Waals surface area contributed by atoms with E-state index in [1.165, 1.54) is 6.07 Å². The topological polar surface area (TPSA) is 120 Å². The van der Waals surface area contributed by atoms with Crippen LogP contribution in [0, 0.1) is 17.6 Å². The van der Waals surface area contributed by atoms with E-state index in [0.717, 1.165) is 6.07 Å². The average Bonchev–Trinajstić information content (AvgIpc) is 3.31. The summed E-state index contributed by atoms with van der Waals surface area (Å²) in [4.78, 5) is 51.0. The molecule has 4 N–H and O–H groups in total. The van der Waals surface area contributed by atoms with Crippen molar-refractivity contribution in [3.8, 4) is 0 Å². The third-order valence-electron chi connectivity index (χ3n) is 5.05. The van der Waals surface area contributed by atoms with Crippen LogP contribution in [0.25, 0.3) is 10.9 Å². The molecule has 0 unspecified atom stereocenters. The van der Waals surface area contributed by atoms with Crippen LogP contribution in [-0.2, 0) is 14.4 Å². The van der Waals surface area contributed by atoms with Gasteiger partial charge >= 0.3 is 0 Å². The number of fused-ring (bicyclic) bond motifs is 1. The van der Waals surface area contributed by atoms with Crippen LogP contribution in [0.3, 0.4) is 0 Å². The first-order chi connectivity index (χ1) is 14.3. The highest BCUT2D eigenvalue weighted by atomic mass is 19.1. The van der Waals surface area contributed by atoms with E-state index in [-0.39, 0.29) is 47.0 Å². The first-order valence-electron chi connectivity index (χ1n) is 9.64. The van der Waals surface area contributed by atoms with Gasteiger partial charge in [0.15, 0.2) is 5.78 Å². The van der Waals surface area contributed by atoms with Gasteiger partial charge in [0.25, 0.3) is 5.91 Å². The number of halogens is 2. The van der Waals surface area contributed by atoms with Crippen LogP contribution in [0.1, 0.15) is 36.7 Å². The Kier molecular flexibility index (Phi) is 6.43. The number of nitrogens with one attached hydrogen (secondary N) is 4. The van der Waals surface area contributed by atoms with Crippen molar-refractivity contribution in [1.82, 2.24) is 20.9 Å². The summed E-state index contributed by atoms with van der Waals surface area (Å²) < 4.78 is 27.0. The molecular weight excluding hydrogens is 398 g/mol. The number of hydrogen-bond donors (Lipinski definition) is 4. The molecule has 3 amide bonds. The molecule has 3 rings (SSSR count). The molecule has 2 heterocycles. The van der Waals surface area contributed by atoms with Crippen molar-refractivity contribution in [2.24, 2.45) is 5.92 Å². The summed E-state index contributed by atoms with van der Waals surface area (Å²) in [5.74, 6) is -3.58. The maximum atomic E-state index is 13.8. The van der Waals surface area contributed by atoms with Crippen LogP contribution in [0.2, 0.25) is 0 Å². The smallest absolute Gasteiger partial charge is 0.268 e. The number of carbonyl (C=O) groups is 4. The van der Waals surface area contributed by atoms with Crippen molar-refractivity contribution in [1.29, 1.82) is 0 Å². The highest BCUT2D eigenvalue weighted by molar-refractivity contribution is 6.00. The van der Waals surface area contributed by atoms with Crippen LogP contribution in [0.4, 0.5) is 8.78 Å². The highest BCUT2D eigenvalue weighted by Crippen LogP contribution is 2.20. The zero-order valence-corrected chi connectivity index (χ0v) is 16.3. The van der Waals surface area contributed by atoms with Gasteiger partial charge in [0.05, 0.1) is 18.1 Å². The van der Waals surface area contributed by atoms with Crippen molar-refractivity contribution in [3.63, 3.8) is 0 Å². The first-order valence-corrected chi connectivity index (χ1v) is 9.64. The zero-order chi connectivity index (χ0) is 21.8. The standard InChI is InChI=1S/C20H22F2N4O4/c1-2-16(27)14(6-10-3-4-23-19(10)29)25-17(28)9-24-20(30)15-7-11-5-12(21)8-13(22)18(11)26-15/h5,7-8,10,14,26H,2-4,6,9H2,1H3,(H,23,29)(H,24,30)(H,25,28)/t10-,14-/m0/s1. The lowest BCUT2D eigenvalue weighted by Gasteiger charge is -2.19. The largest absolute Gasteiger partial charge is 0.356 e. The van der Waals surface area contributed by atoms with Crippen LogP contribution in [0.5, 0.6) is 0 Å². The molecule has 1 aromatic heterocycles. The Hall–Kier alpha value is -3.30. The quantitative estimate of drug-likeness (QED) is 0.512. The molecule has 1 aromatic carbocycles.